The van der Waals surface area contributed by atoms with E-state index in [9.17, 15) is 13.5 Å². The lowest BCUT2D eigenvalue weighted by Gasteiger charge is -2.35. The third kappa shape index (κ3) is 3.39. The minimum absolute atomic E-state index is 0.00818. The van der Waals surface area contributed by atoms with Crippen molar-refractivity contribution in [2.24, 2.45) is 0 Å². The monoisotopic (exact) mass is 312 g/mol. The predicted octanol–water partition coefficient (Wildman–Crippen LogP) is 1.76. The van der Waals surface area contributed by atoms with E-state index in [1.165, 1.54) is 0 Å². The van der Waals surface area contributed by atoms with Gasteiger partial charge in [0.1, 0.15) is 0 Å². The first-order valence-electron chi connectivity index (χ1n) is 7.51. The molecule has 0 spiro atoms. The highest BCUT2D eigenvalue weighted by molar-refractivity contribution is 7.89. The summed E-state index contributed by atoms with van der Waals surface area (Å²) in [6, 6.07) is 4.96. The summed E-state index contributed by atoms with van der Waals surface area (Å²) in [5, 5.41) is 9.18. The van der Waals surface area contributed by atoms with E-state index in [1.807, 2.05) is 6.92 Å². The molecule has 1 aromatic rings. The molecule has 3 N–H and O–H groups in total. The van der Waals surface area contributed by atoms with Gasteiger partial charge in [0.25, 0.3) is 0 Å². The summed E-state index contributed by atoms with van der Waals surface area (Å²) in [5.74, 6) is 0. The van der Waals surface area contributed by atoms with Crippen LogP contribution in [0.3, 0.4) is 0 Å². The number of hydrogen-bond acceptors (Lipinski definition) is 4. The molecule has 1 aliphatic heterocycles. The van der Waals surface area contributed by atoms with E-state index >= 15 is 0 Å². The van der Waals surface area contributed by atoms with Crippen LogP contribution < -0.4 is 5.73 Å². The number of nitrogens with zero attached hydrogens (tertiary/aromatic N) is 1. The number of aryl methyl sites for hydroxylation is 1. The molecule has 1 aliphatic rings. The second kappa shape index (κ2) is 6.77. The van der Waals surface area contributed by atoms with Gasteiger partial charge in [-0.3, -0.25) is 0 Å². The fourth-order valence-electron chi connectivity index (χ4n) is 2.96. The Kier molecular flexibility index (Phi) is 5.24. The molecule has 0 aliphatic carbocycles. The first-order chi connectivity index (χ1) is 10.0. The Labute approximate surface area is 126 Å². The van der Waals surface area contributed by atoms with Crippen LogP contribution in [0.5, 0.6) is 0 Å². The van der Waals surface area contributed by atoms with Crippen LogP contribution >= 0.6 is 0 Å². The zero-order chi connectivity index (χ0) is 15.5. The van der Waals surface area contributed by atoms with Gasteiger partial charge < -0.3 is 10.8 Å². The largest absolute Gasteiger partial charge is 0.399 e. The molecular weight excluding hydrogens is 288 g/mol. The van der Waals surface area contributed by atoms with Gasteiger partial charge in [-0.1, -0.05) is 19.4 Å². The third-order valence-corrected chi connectivity index (χ3v) is 6.13. The number of nitrogens with two attached hydrogens (primary N) is 1. The number of aliphatic hydroxyl groups is 1. The van der Waals surface area contributed by atoms with Crippen LogP contribution in [-0.4, -0.2) is 37.0 Å². The molecule has 0 bridgehead atoms. The lowest BCUT2D eigenvalue weighted by Crippen LogP contribution is -2.44. The molecule has 0 amide bonds. The van der Waals surface area contributed by atoms with Crippen molar-refractivity contribution in [1.82, 2.24) is 4.31 Å². The topological polar surface area (TPSA) is 83.6 Å². The molecule has 2 rings (SSSR count). The maximum Gasteiger partial charge on any atom is 0.243 e. The van der Waals surface area contributed by atoms with E-state index in [-0.39, 0.29) is 12.6 Å². The van der Waals surface area contributed by atoms with Gasteiger partial charge >= 0.3 is 0 Å². The summed E-state index contributed by atoms with van der Waals surface area (Å²) in [6.45, 7) is 2.46. The quantitative estimate of drug-likeness (QED) is 0.811. The lowest BCUT2D eigenvalue weighted by molar-refractivity contribution is 0.192. The van der Waals surface area contributed by atoms with Crippen molar-refractivity contribution in [2.75, 3.05) is 18.9 Å². The highest BCUT2D eigenvalue weighted by Gasteiger charge is 2.34. The Morgan fingerprint density at radius 2 is 2.14 bits per heavy atom. The summed E-state index contributed by atoms with van der Waals surface area (Å²) in [5.41, 5.74) is 7.03. The van der Waals surface area contributed by atoms with Crippen molar-refractivity contribution < 1.29 is 13.5 Å². The number of aliphatic hydroxyl groups excluding tert-OH is 1. The summed E-state index contributed by atoms with van der Waals surface area (Å²) < 4.78 is 27.5. The van der Waals surface area contributed by atoms with Gasteiger partial charge in [-0.15, -0.1) is 0 Å². The minimum atomic E-state index is -3.56. The molecule has 21 heavy (non-hydrogen) atoms. The van der Waals surface area contributed by atoms with Crippen molar-refractivity contribution in [1.29, 1.82) is 0 Å². The average Bonchev–Trinajstić information content (AvgIpc) is 2.48. The number of rotatable bonds is 5. The van der Waals surface area contributed by atoms with E-state index in [0.717, 1.165) is 24.8 Å². The van der Waals surface area contributed by atoms with Crippen molar-refractivity contribution in [3.8, 4) is 0 Å². The number of benzene rings is 1. The highest BCUT2D eigenvalue weighted by Crippen LogP contribution is 2.30. The molecule has 1 unspecified atom stereocenters. The number of anilines is 1. The number of sulfonamides is 1. The molecule has 5 nitrogen and oxygen atoms in total. The molecule has 1 aromatic carbocycles. The van der Waals surface area contributed by atoms with Crippen LogP contribution in [-0.2, 0) is 16.4 Å². The fraction of sp³-hybridized carbons (Fsp3) is 0.600. The van der Waals surface area contributed by atoms with Gasteiger partial charge in [0.2, 0.25) is 10.0 Å². The van der Waals surface area contributed by atoms with Crippen LogP contribution in [0.15, 0.2) is 23.1 Å². The van der Waals surface area contributed by atoms with Gasteiger partial charge in [0.05, 0.1) is 4.90 Å². The lowest BCUT2D eigenvalue weighted by atomic mass is 10.0. The molecule has 1 atom stereocenters. The second-order valence-electron chi connectivity index (χ2n) is 5.50. The molecule has 1 heterocycles. The highest BCUT2D eigenvalue weighted by atomic mass is 32.2. The normalized spacial score (nSPS) is 20.6. The molecule has 0 saturated carbocycles. The Balaban J connectivity index is 2.42. The van der Waals surface area contributed by atoms with Gasteiger partial charge in [0.15, 0.2) is 0 Å². The standard InChI is InChI=1S/C15H24N2O3S/c1-2-12-6-7-13(16)11-15(12)21(19,20)17-9-4-3-5-14(17)8-10-18/h6-7,11,14,18H,2-5,8-10,16H2,1H3. The molecule has 1 saturated heterocycles. The van der Waals surface area contributed by atoms with Crippen LogP contribution in [0.25, 0.3) is 0 Å². The van der Waals surface area contributed by atoms with E-state index in [2.05, 4.69) is 0 Å². The summed E-state index contributed by atoms with van der Waals surface area (Å²) in [4.78, 5) is 0.315. The molecule has 0 aromatic heterocycles. The SMILES string of the molecule is CCc1ccc(N)cc1S(=O)(=O)N1CCCCC1CCO. The number of hydrogen-bond donors (Lipinski definition) is 2. The first kappa shape index (κ1) is 16.3. The maximum atomic E-state index is 13.0. The van der Waals surface area contributed by atoms with Crippen molar-refractivity contribution >= 4 is 15.7 Å². The zero-order valence-corrected chi connectivity index (χ0v) is 13.3. The Morgan fingerprint density at radius 1 is 1.38 bits per heavy atom. The fourth-order valence-corrected chi connectivity index (χ4v) is 5.01. The van der Waals surface area contributed by atoms with E-state index in [1.54, 1.807) is 22.5 Å². The van der Waals surface area contributed by atoms with Gasteiger partial charge in [-0.25, -0.2) is 8.42 Å². The van der Waals surface area contributed by atoms with Crippen molar-refractivity contribution in [2.45, 2.75) is 50.0 Å². The Bertz CT molecular complexity index is 585. The third-order valence-electron chi connectivity index (χ3n) is 4.09. The van der Waals surface area contributed by atoms with Crippen LogP contribution in [0, 0.1) is 0 Å². The van der Waals surface area contributed by atoms with Crippen LogP contribution in [0.2, 0.25) is 0 Å². The summed E-state index contributed by atoms with van der Waals surface area (Å²) in [7, 11) is -3.56. The second-order valence-corrected chi connectivity index (χ2v) is 7.36. The van der Waals surface area contributed by atoms with E-state index in [4.69, 9.17) is 5.73 Å². The molecule has 0 radical (unpaired) electrons. The smallest absolute Gasteiger partial charge is 0.243 e. The summed E-state index contributed by atoms with van der Waals surface area (Å²) in [6.07, 6.45) is 3.82. The Morgan fingerprint density at radius 3 is 2.81 bits per heavy atom. The predicted molar refractivity (Wildman–Crippen MR) is 83.5 cm³/mol. The van der Waals surface area contributed by atoms with E-state index in [0.29, 0.717) is 30.0 Å². The van der Waals surface area contributed by atoms with E-state index < -0.39 is 10.0 Å². The zero-order valence-electron chi connectivity index (χ0n) is 12.5. The van der Waals surface area contributed by atoms with Crippen LogP contribution in [0.4, 0.5) is 5.69 Å². The number of nitrogen functional groups attached to an aromatic ring is 1. The van der Waals surface area contributed by atoms with Gasteiger partial charge in [-0.2, -0.15) is 4.31 Å². The van der Waals surface area contributed by atoms with Gasteiger partial charge in [-0.05, 0) is 43.4 Å². The summed E-state index contributed by atoms with van der Waals surface area (Å²) >= 11 is 0. The van der Waals surface area contributed by atoms with Gasteiger partial charge in [0, 0.05) is 24.9 Å². The van der Waals surface area contributed by atoms with Crippen molar-refractivity contribution in [3.63, 3.8) is 0 Å². The van der Waals surface area contributed by atoms with Crippen LogP contribution in [0.1, 0.15) is 38.2 Å². The average molecular weight is 312 g/mol. The maximum absolute atomic E-state index is 13.0. The first-order valence-corrected chi connectivity index (χ1v) is 8.95. The molecule has 118 valence electrons. The number of piperidine rings is 1. The minimum Gasteiger partial charge on any atom is -0.399 e. The Hall–Kier alpha value is -1.11. The van der Waals surface area contributed by atoms with Crippen molar-refractivity contribution in [3.05, 3.63) is 23.8 Å². The molecule has 1 fully saturated rings. The molecule has 6 heteroatoms. The molecular formula is C15H24N2O3S.